The van der Waals surface area contributed by atoms with E-state index in [1.54, 1.807) is 12.1 Å². The van der Waals surface area contributed by atoms with Gasteiger partial charge in [-0.25, -0.2) is 0 Å². The normalized spacial score (nSPS) is 18.3. The first-order valence-corrected chi connectivity index (χ1v) is 9.33. The second kappa shape index (κ2) is 7.36. The topological polar surface area (TPSA) is 70.5 Å². The highest BCUT2D eigenvalue weighted by Gasteiger charge is 2.47. The molecule has 1 aliphatic heterocycles. The average Bonchev–Trinajstić information content (AvgIpc) is 3.01. The lowest BCUT2D eigenvalue weighted by Gasteiger charge is -2.27. The van der Waals surface area contributed by atoms with Crippen LogP contribution >= 0.6 is 0 Å². The van der Waals surface area contributed by atoms with Crippen LogP contribution in [0.25, 0.3) is 5.76 Å². The van der Waals surface area contributed by atoms with Crippen LogP contribution in [0.5, 0.6) is 0 Å². The number of pyridine rings is 1. The molecule has 0 spiro atoms. The fraction of sp³-hybridized carbons (Fsp3) is 0.125. The second-order valence-electron chi connectivity index (χ2n) is 7.03. The van der Waals surface area contributed by atoms with Crippen LogP contribution in [0.4, 0.5) is 5.69 Å². The van der Waals surface area contributed by atoms with Crippen LogP contribution in [0.2, 0.25) is 0 Å². The number of anilines is 1. The van der Waals surface area contributed by atoms with E-state index in [9.17, 15) is 14.7 Å². The molecule has 0 saturated carbocycles. The summed E-state index contributed by atoms with van der Waals surface area (Å²) in [6, 6.07) is 17.5. The summed E-state index contributed by atoms with van der Waals surface area (Å²) in [6.07, 6.45) is 3.07. The first-order chi connectivity index (χ1) is 14.0. The number of aliphatic hydroxyl groups excluding tert-OH is 1. The van der Waals surface area contributed by atoms with Gasteiger partial charge in [-0.1, -0.05) is 42.5 Å². The molecule has 1 aromatic heterocycles. The van der Waals surface area contributed by atoms with Crippen LogP contribution < -0.4 is 4.90 Å². The number of carbonyl (C=O) groups excluding carboxylic acids is 2. The standard InChI is InChI=1S/C24H20N2O3/c1-15-7-6-10-19(16(15)2)26-21(17-8-4-3-5-9-17)20(23(28)24(26)29)22(27)18-11-13-25-14-12-18/h3-14,21,27H,1-2H3/b22-20+. The van der Waals surface area contributed by atoms with E-state index in [0.717, 1.165) is 16.7 Å². The third-order valence-corrected chi connectivity index (χ3v) is 5.35. The number of ketones is 1. The minimum Gasteiger partial charge on any atom is -0.507 e. The highest BCUT2D eigenvalue weighted by atomic mass is 16.3. The molecular weight excluding hydrogens is 364 g/mol. The van der Waals surface area contributed by atoms with Crippen LogP contribution in [0, 0.1) is 13.8 Å². The predicted molar refractivity (Wildman–Crippen MR) is 111 cm³/mol. The van der Waals surface area contributed by atoms with Crippen LogP contribution in [0.1, 0.15) is 28.3 Å². The molecule has 1 amide bonds. The smallest absolute Gasteiger partial charge is 0.300 e. The number of hydrogen-bond donors (Lipinski definition) is 1. The van der Waals surface area contributed by atoms with E-state index in [4.69, 9.17) is 0 Å². The maximum Gasteiger partial charge on any atom is 0.300 e. The summed E-state index contributed by atoms with van der Waals surface area (Å²) < 4.78 is 0. The van der Waals surface area contributed by atoms with Crippen molar-refractivity contribution < 1.29 is 14.7 Å². The third-order valence-electron chi connectivity index (χ3n) is 5.35. The molecule has 4 rings (SSSR count). The molecular formula is C24H20N2O3. The Balaban J connectivity index is 1.98. The monoisotopic (exact) mass is 384 g/mol. The van der Waals surface area contributed by atoms with Gasteiger partial charge in [-0.2, -0.15) is 0 Å². The number of rotatable bonds is 3. The molecule has 1 atom stereocenters. The number of aliphatic hydroxyl groups is 1. The summed E-state index contributed by atoms with van der Waals surface area (Å²) >= 11 is 0. The van der Waals surface area contributed by atoms with Gasteiger partial charge < -0.3 is 5.11 Å². The number of carbonyl (C=O) groups is 2. The van der Waals surface area contributed by atoms with E-state index in [0.29, 0.717) is 11.3 Å². The van der Waals surface area contributed by atoms with Gasteiger partial charge in [-0.3, -0.25) is 19.5 Å². The zero-order valence-electron chi connectivity index (χ0n) is 16.2. The highest BCUT2D eigenvalue weighted by Crippen LogP contribution is 2.43. The maximum absolute atomic E-state index is 13.1. The molecule has 2 aromatic carbocycles. The zero-order valence-corrected chi connectivity index (χ0v) is 16.2. The molecule has 1 unspecified atom stereocenters. The maximum atomic E-state index is 13.1. The molecule has 5 nitrogen and oxygen atoms in total. The summed E-state index contributed by atoms with van der Waals surface area (Å²) in [4.78, 5) is 31.6. The first-order valence-electron chi connectivity index (χ1n) is 9.33. The molecule has 0 bridgehead atoms. The number of hydrogen-bond acceptors (Lipinski definition) is 4. The molecule has 0 radical (unpaired) electrons. The number of aryl methyl sites for hydroxylation is 1. The van der Waals surface area contributed by atoms with E-state index in [-0.39, 0.29) is 11.3 Å². The van der Waals surface area contributed by atoms with E-state index < -0.39 is 17.7 Å². The molecule has 0 aliphatic carbocycles. The molecule has 5 heteroatoms. The summed E-state index contributed by atoms with van der Waals surface area (Å²) in [6.45, 7) is 3.89. The van der Waals surface area contributed by atoms with Crippen LogP contribution in [0.3, 0.4) is 0 Å². The third kappa shape index (κ3) is 3.10. The van der Waals surface area contributed by atoms with Crippen LogP contribution in [-0.4, -0.2) is 21.8 Å². The van der Waals surface area contributed by atoms with Crippen molar-refractivity contribution in [1.82, 2.24) is 4.98 Å². The summed E-state index contributed by atoms with van der Waals surface area (Å²) in [5, 5.41) is 11.0. The molecule has 1 fully saturated rings. The number of amides is 1. The van der Waals surface area contributed by atoms with Gasteiger partial charge in [-0.15, -0.1) is 0 Å². The summed E-state index contributed by atoms with van der Waals surface area (Å²) in [5.41, 5.74) is 3.87. The Hall–Kier alpha value is -3.73. The van der Waals surface area contributed by atoms with Crippen molar-refractivity contribution in [2.24, 2.45) is 0 Å². The fourth-order valence-electron chi connectivity index (χ4n) is 3.69. The van der Waals surface area contributed by atoms with Gasteiger partial charge >= 0.3 is 0 Å². The van der Waals surface area contributed by atoms with Gasteiger partial charge in [-0.05, 0) is 48.7 Å². The number of nitrogens with zero attached hydrogens (tertiary/aromatic N) is 2. The van der Waals surface area contributed by atoms with Crippen molar-refractivity contribution in [1.29, 1.82) is 0 Å². The lowest BCUT2D eigenvalue weighted by atomic mass is 9.95. The first kappa shape index (κ1) is 18.6. The minimum atomic E-state index is -0.718. The molecule has 29 heavy (non-hydrogen) atoms. The van der Waals surface area contributed by atoms with E-state index in [2.05, 4.69) is 4.98 Å². The van der Waals surface area contributed by atoms with Crippen molar-refractivity contribution in [3.05, 3.63) is 101 Å². The van der Waals surface area contributed by atoms with Gasteiger partial charge in [0.05, 0.1) is 11.6 Å². The van der Waals surface area contributed by atoms with Crippen molar-refractivity contribution in [3.63, 3.8) is 0 Å². The fourth-order valence-corrected chi connectivity index (χ4v) is 3.69. The minimum absolute atomic E-state index is 0.0771. The molecule has 3 aromatic rings. The number of benzene rings is 2. The summed E-state index contributed by atoms with van der Waals surface area (Å²) in [7, 11) is 0. The van der Waals surface area contributed by atoms with Crippen molar-refractivity contribution in [2.75, 3.05) is 4.90 Å². The largest absolute Gasteiger partial charge is 0.507 e. The van der Waals surface area contributed by atoms with Gasteiger partial charge in [0.25, 0.3) is 11.7 Å². The molecule has 1 aliphatic rings. The van der Waals surface area contributed by atoms with Crippen LogP contribution in [0.15, 0.2) is 78.6 Å². The Bertz CT molecular complexity index is 1120. The number of Topliss-reactive ketones (excluding diaryl/α,β-unsaturated/α-hetero) is 1. The van der Waals surface area contributed by atoms with Crippen molar-refractivity contribution in [2.45, 2.75) is 19.9 Å². The summed E-state index contributed by atoms with van der Waals surface area (Å²) in [5.74, 6) is -1.55. The molecule has 1 saturated heterocycles. The quantitative estimate of drug-likeness (QED) is 0.415. The Labute approximate surface area is 169 Å². The Morgan fingerprint density at radius 1 is 0.931 bits per heavy atom. The lowest BCUT2D eigenvalue weighted by Crippen LogP contribution is -2.30. The van der Waals surface area contributed by atoms with Gasteiger partial charge in [0, 0.05) is 23.6 Å². The second-order valence-corrected chi connectivity index (χ2v) is 7.03. The van der Waals surface area contributed by atoms with Gasteiger partial charge in [0.15, 0.2) is 0 Å². The Kier molecular flexibility index (Phi) is 4.72. The van der Waals surface area contributed by atoms with E-state index in [1.807, 2.05) is 62.4 Å². The molecule has 144 valence electrons. The molecule has 2 heterocycles. The highest BCUT2D eigenvalue weighted by molar-refractivity contribution is 6.51. The van der Waals surface area contributed by atoms with Gasteiger partial charge in [0.2, 0.25) is 0 Å². The predicted octanol–water partition coefficient (Wildman–Crippen LogP) is 4.32. The Morgan fingerprint density at radius 2 is 1.62 bits per heavy atom. The van der Waals surface area contributed by atoms with Gasteiger partial charge in [0.1, 0.15) is 5.76 Å². The zero-order chi connectivity index (χ0) is 20.5. The number of aromatic nitrogens is 1. The average molecular weight is 384 g/mol. The SMILES string of the molecule is Cc1cccc(N2C(=O)C(=O)/C(=C(/O)c3ccncc3)C2c2ccccc2)c1C. The van der Waals surface area contributed by atoms with E-state index in [1.165, 1.54) is 17.3 Å². The van der Waals surface area contributed by atoms with E-state index >= 15 is 0 Å². The Morgan fingerprint density at radius 3 is 2.31 bits per heavy atom. The lowest BCUT2D eigenvalue weighted by molar-refractivity contribution is -0.132. The molecule has 1 N–H and O–H groups in total. The van der Waals surface area contributed by atoms with Crippen molar-refractivity contribution in [3.8, 4) is 0 Å². The van der Waals surface area contributed by atoms with Crippen LogP contribution in [-0.2, 0) is 9.59 Å². The van der Waals surface area contributed by atoms with Crippen molar-refractivity contribution >= 4 is 23.1 Å².